The van der Waals surface area contributed by atoms with E-state index in [9.17, 15) is 43.5 Å². The number of aromatic nitrogens is 4. The number of unbranched alkanes of at least 4 members (excludes halogenated alkanes) is 6. The molecule has 43 heteroatoms. The van der Waals surface area contributed by atoms with Gasteiger partial charge in [-0.25, -0.2) is 4.98 Å². The van der Waals surface area contributed by atoms with Gasteiger partial charge in [0.25, 0.3) is 0 Å². The van der Waals surface area contributed by atoms with Gasteiger partial charge in [0.1, 0.15) is 78.5 Å². The maximum Gasteiger partial charge on any atom is 0.246 e. The van der Waals surface area contributed by atoms with E-state index in [0.717, 1.165) is 31.4 Å². The minimum atomic E-state index is -1.89. The lowest BCUT2D eigenvalue weighted by atomic mass is 9.99. The van der Waals surface area contributed by atoms with E-state index >= 15 is 43.2 Å². The quantitative estimate of drug-likeness (QED) is 0.0123. The number of aliphatic hydroxyl groups excluding tert-OH is 1. The van der Waals surface area contributed by atoms with Crippen molar-refractivity contribution in [3.63, 3.8) is 0 Å². The van der Waals surface area contributed by atoms with Crippen molar-refractivity contribution in [3.8, 4) is 0 Å². The van der Waals surface area contributed by atoms with Crippen LogP contribution in [0, 0.1) is 5.41 Å². The number of guanidine groups is 1. The average Bonchev–Trinajstić information content (AvgIpc) is 1.66. The van der Waals surface area contributed by atoms with Crippen LogP contribution in [0.15, 0.2) is 129 Å². The van der Waals surface area contributed by atoms with Gasteiger partial charge in [-0.05, 0) is 113 Å². The number of imidazole rings is 1. The normalized spacial score (nSPS) is 24.1. The number of primary amides is 1. The van der Waals surface area contributed by atoms with Gasteiger partial charge in [0.2, 0.25) is 100 Å². The summed E-state index contributed by atoms with van der Waals surface area (Å²) in [7, 11) is 5.23. The summed E-state index contributed by atoms with van der Waals surface area (Å²) in [6.45, 7) is 7.78. The van der Waals surface area contributed by atoms with Crippen LogP contribution in [0.1, 0.15) is 139 Å². The Morgan fingerprint density at radius 2 is 1.09 bits per heavy atom. The minimum absolute atomic E-state index is 0.00603. The number of benzene rings is 3. The third-order valence-corrected chi connectivity index (χ3v) is 25.6. The third kappa shape index (κ3) is 31.3. The molecule has 0 spiro atoms. The van der Waals surface area contributed by atoms with Gasteiger partial charge in [-0.15, -0.1) is 24.9 Å². The highest BCUT2D eigenvalue weighted by Gasteiger charge is 2.45. The number of H-pyrrole nitrogens is 3. The fourth-order valence-corrected chi connectivity index (χ4v) is 17.7. The number of rotatable bonds is 28. The molecule has 3 saturated heterocycles. The highest BCUT2D eigenvalue weighted by molar-refractivity contribution is 8.00. The van der Waals surface area contributed by atoms with Gasteiger partial charge in [0.15, 0.2) is 5.96 Å². The van der Waals surface area contributed by atoms with Crippen LogP contribution in [0.4, 0.5) is 0 Å². The van der Waals surface area contributed by atoms with Crippen LogP contribution >= 0.6 is 11.8 Å². The molecule has 0 saturated carbocycles. The monoisotopic (exact) mass is 1910 g/mol. The predicted octanol–water partition coefficient (Wildman–Crippen LogP) is -0.868. The number of aromatic amines is 3. The van der Waals surface area contributed by atoms with Crippen LogP contribution in [0.5, 0.6) is 0 Å². The van der Waals surface area contributed by atoms with Crippen molar-refractivity contribution in [2.75, 3.05) is 72.5 Å². The number of carbonyl (C=O) groups is 17. The molecular weight excluding hydrogens is 1790 g/mol. The van der Waals surface area contributed by atoms with Gasteiger partial charge in [0.05, 0.1) is 38.2 Å². The van der Waals surface area contributed by atoms with Crippen LogP contribution in [0.25, 0.3) is 21.8 Å². The van der Waals surface area contributed by atoms with E-state index in [1.54, 1.807) is 103 Å². The Morgan fingerprint density at radius 1 is 0.533 bits per heavy atom. The average molecular weight is 1920 g/mol. The number of amides is 17. The first-order valence-corrected chi connectivity index (χ1v) is 47.3. The molecule has 6 aromatic rings. The summed E-state index contributed by atoms with van der Waals surface area (Å²) < 4.78 is 0. The fourth-order valence-electron chi connectivity index (χ4n) is 16.9. The maximum absolute atomic E-state index is 16.0. The Kier molecular flexibility index (Phi) is 41.1. The smallest absolute Gasteiger partial charge is 0.246 e. The number of allylic oxidation sites excluding steroid dienone is 2. The van der Waals surface area contributed by atoms with Gasteiger partial charge in [-0.3, -0.25) is 86.9 Å². The standard InChI is InChI=1S/C94H130N24O18S/c1-9-11-13-15-20-35-74-87(130)107-65(34-26-38-99-94(96)97)83(126)113-73(82(125)102-49-77(95)120)52-137-53-80(123)106-69(41-57-28-18-17-19-29-57)90(133)115(6)56(4)81(124)109-71-45-78(121)104-55(3)40-68(110-85(128)67(44-60-48-98-54-103-60)108-88(131)75-37-27-39-118(75)92(71)135)89(132)114(5)50-79(122)105-66(42-58-46-100-63-32-24-22-30-61(58)63)84(127)112-72(51-119)86(129)111-70(43-59-47-101-64-33-25-23-31-62(59)64)91(134)117(8)76(93(136)116(74)7)36-21-16-14-12-10-2/h9-10,17-19,22-25,28-33,46-48,54-56,65-76,100-101,119H,1-2,11-16,20-21,26-27,34-45,49-53H2,3-8H3,(H2,95,120)(H,98,103)(H,102,125)(H,104,121)(H,105,122)(H,106,123)(H,107,130)(H,108,131)(H,109,124)(H,110,128)(H,111,129)(H,112,127)(H,113,126)(H4,96,97,99)/t55?,56-,65-,66-,67-,68-,69-,70-,71-,72-,73-,74-,75-,76-/m0/s1. The number of aliphatic hydroxyl groups is 1. The minimum Gasteiger partial charge on any atom is -0.394 e. The predicted molar refractivity (Wildman–Crippen MR) is 511 cm³/mol. The molecule has 3 aliphatic rings. The first kappa shape index (κ1) is 107. The molecule has 137 heavy (non-hydrogen) atoms. The van der Waals surface area contributed by atoms with Gasteiger partial charge in [0, 0.05) is 125 Å². The summed E-state index contributed by atoms with van der Waals surface area (Å²) in [6, 6.07) is 1.27. The highest BCUT2D eigenvalue weighted by atomic mass is 32.2. The topological polar surface area (TPSA) is 607 Å². The van der Waals surface area contributed by atoms with Crippen LogP contribution in [-0.2, 0) is 107 Å². The van der Waals surface area contributed by atoms with Crippen LogP contribution in [0.3, 0.4) is 0 Å². The van der Waals surface area contributed by atoms with Gasteiger partial charge in [-0.2, -0.15) is 0 Å². The number of carbonyl (C=O) groups excluding carboxylic acids is 17. The Bertz CT molecular complexity index is 5260. The Balaban J connectivity index is 1.13. The van der Waals surface area contributed by atoms with E-state index in [4.69, 9.17) is 16.9 Å². The van der Waals surface area contributed by atoms with E-state index in [2.05, 4.69) is 96.9 Å². The lowest BCUT2D eigenvalue weighted by Gasteiger charge is -2.36. The second-order valence-corrected chi connectivity index (χ2v) is 35.9. The molecule has 1 unspecified atom stereocenters. The molecule has 0 aliphatic carbocycles. The second-order valence-electron chi connectivity index (χ2n) is 34.8. The van der Waals surface area contributed by atoms with Crippen LogP contribution < -0.4 is 75.3 Å². The van der Waals surface area contributed by atoms with Crippen molar-refractivity contribution in [2.24, 2.45) is 11.5 Å². The van der Waals surface area contributed by atoms with E-state index < -0.39 is 235 Å². The summed E-state index contributed by atoms with van der Waals surface area (Å²) in [5.74, 6) is -16.9. The van der Waals surface area contributed by atoms with Gasteiger partial charge >= 0.3 is 0 Å². The number of nitrogens with two attached hydrogens (primary N) is 2. The molecule has 3 aromatic heterocycles. The van der Waals surface area contributed by atoms with Crippen molar-refractivity contribution in [2.45, 2.75) is 227 Å². The number of hydrogen-bond donors (Lipinski definition) is 19. The number of para-hydroxylation sites is 2. The van der Waals surface area contributed by atoms with Crippen molar-refractivity contribution in [3.05, 3.63) is 151 Å². The maximum atomic E-state index is 16.0. The molecule has 17 amide bonds. The molecule has 3 fully saturated rings. The molecule has 3 aromatic carbocycles. The van der Waals surface area contributed by atoms with Crippen molar-refractivity contribution in [1.82, 2.24) is 108 Å². The van der Waals surface area contributed by atoms with E-state index in [0.29, 0.717) is 95.6 Å². The van der Waals surface area contributed by atoms with Crippen molar-refractivity contribution in [1.29, 1.82) is 5.41 Å². The third-order valence-electron chi connectivity index (χ3n) is 24.5. The summed E-state index contributed by atoms with van der Waals surface area (Å²) in [5.41, 5.74) is 14.3. The van der Waals surface area contributed by atoms with Crippen LogP contribution in [0.2, 0.25) is 0 Å². The molecule has 14 atom stereocenters. The Hall–Kier alpha value is -14.0. The summed E-state index contributed by atoms with van der Waals surface area (Å²) in [5, 5.41) is 52.6. The Morgan fingerprint density at radius 3 is 1.72 bits per heavy atom. The number of thioether (sulfide) groups is 1. The number of nitrogens with one attached hydrogen (secondary N) is 16. The summed E-state index contributed by atoms with van der Waals surface area (Å²) in [4.78, 5) is 272. The Labute approximate surface area is 798 Å². The van der Waals surface area contributed by atoms with Crippen LogP contribution in [-0.4, -0.2) is 313 Å². The first-order chi connectivity index (χ1) is 65.6. The van der Waals surface area contributed by atoms with E-state index in [-0.39, 0.29) is 77.3 Å². The first-order valence-electron chi connectivity index (χ1n) is 46.1. The van der Waals surface area contributed by atoms with Gasteiger partial charge in [-0.1, -0.05) is 105 Å². The lowest BCUT2D eigenvalue weighted by molar-refractivity contribution is -0.149. The molecular formula is C94H130N24O18S. The molecule has 2 bridgehead atoms. The number of hydrogen-bond acceptors (Lipinski definition) is 21. The molecule has 0 radical (unpaired) electrons. The number of fused-ring (bicyclic) bond motifs is 9. The molecule has 9 rings (SSSR count). The van der Waals surface area contributed by atoms with Gasteiger partial charge < -0.3 is 120 Å². The molecule has 21 N–H and O–H groups in total. The largest absolute Gasteiger partial charge is 0.394 e. The molecule has 42 nitrogen and oxygen atoms in total. The van der Waals surface area contributed by atoms with E-state index in [1.807, 2.05) is 0 Å². The highest BCUT2D eigenvalue weighted by Crippen LogP contribution is 2.27. The zero-order chi connectivity index (χ0) is 99.5. The molecule has 740 valence electrons. The zero-order valence-corrected chi connectivity index (χ0v) is 79.0. The summed E-state index contributed by atoms with van der Waals surface area (Å²) >= 11 is 0.798. The number of likely N-dealkylation sites (N-methyl/N-ethyl adjacent to an activating group) is 4. The second kappa shape index (κ2) is 52.8. The number of nitrogens with zero attached hydrogens (tertiary/aromatic N) is 6. The fraction of sp³-hybridized carbons (Fsp3) is 0.500. The molecule has 3 aliphatic heterocycles. The van der Waals surface area contributed by atoms with Crippen molar-refractivity contribution < 1.29 is 86.6 Å². The zero-order valence-electron chi connectivity index (χ0n) is 78.2. The van der Waals surface area contributed by atoms with Crippen molar-refractivity contribution >= 4 is 140 Å². The SMILES string of the molecule is C=CCCCCC[C@H]1C(=O)N(C)[C@@H](CCCCCC=C)C(=O)N[C@@H](CCCNC(=N)N)C(=O)N[C@H](C(=O)NCC(N)=O)CSCC(=O)N[C@@H](Cc2ccccc2)C(=O)N(C)[C@@H](C)C(=O)N[C@H]2CC(=O)NC(C)C[C@H](NC(=O)[C@H](Cc3cnc[nH]3)NC(=O)[C@@H]3CCCN3C2=O)C(=O)N(C)CC(=O)N[C@@H](Cc2c[nH]c3ccccc23)C(=O)N[C@@H](CO)C(=O)N[C@@H](Cc2c[nH]c3ccccc23)C(=O)N1C. The summed E-state index contributed by atoms with van der Waals surface area (Å²) in [6.07, 6.45) is 11.5. The lowest BCUT2D eigenvalue weighted by Crippen LogP contribution is -2.61. The molecule has 6 heterocycles. The van der Waals surface area contributed by atoms with E-state index in [1.165, 1.54) is 59.5 Å².